The summed E-state index contributed by atoms with van der Waals surface area (Å²) in [5.41, 5.74) is 1.68. The second-order valence-electron chi connectivity index (χ2n) is 4.07. The quantitative estimate of drug-likeness (QED) is 0.679. The van der Waals surface area contributed by atoms with Crippen molar-refractivity contribution in [2.24, 2.45) is 0 Å². The van der Waals surface area contributed by atoms with Crippen LogP contribution >= 0.6 is 11.6 Å². The number of rotatable bonds is 3. The average Bonchev–Trinajstić information content (AvgIpc) is 3.04. The summed E-state index contributed by atoms with van der Waals surface area (Å²) < 4.78 is 7.46. The molecule has 0 saturated carbocycles. The van der Waals surface area contributed by atoms with Crippen LogP contribution in [0.15, 0.2) is 41.1 Å². The van der Waals surface area contributed by atoms with Crippen LogP contribution in [0.4, 0.5) is 0 Å². The smallest absolute Gasteiger partial charge is 0.160 e. The van der Waals surface area contributed by atoms with E-state index in [9.17, 15) is 0 Å². The zero-order valence-corrected chi connectivity index (χ0v) is 10.6. The van der Waals surface area contributed by atoms with Crippen LogP contribution in [0.5, 0.6) is 0 Å². The summed E-state index contributed by atoms with van der Waals surface area (Å²) >= 11 is 5.97. The molecule has 0 fully saturated rings. The molecule has 4 nitrogen and oxygen atoms in total. The Morgan fingerprint density at radius 3 is 3.00 bits per heavy atom. The maximum absolute atomic E-state index is 5.97. The summed E-state index contributed by atoms with van der Waals surface area (Å²) in [6, 6.07) is 7.64. The molecule has 92 valence electrons. The van der Waals surface area contributed by atoms with E-state index in [4.69, 9.17) is 16.0 Å². The van der Waals surface area contributed by atoms with Crippen molar-refractivity contribution in [1.82, 2.24) is 14.5 Å². The van der Waals surface area contributed by atoms with Crippen molar-refractivity contribution in [2.45, 2.75) is 18.8 Å². The normalized spacial score (nSPS) is 13.0. The van der Waals surface area contributed by atoms with E-state index in [2.05, 4.69) is 9.97 Å². The Balaban J connectivity index is 2.20. The summed E-state index contributed by atoms with van der Waals surface area (Å²) in [6.45, 7) is 2.05. The predicted octanol–water partition coefficient (Wildman–Crippen LogP) is 3.37. The molecule has 0 radical (unpaired) electrons. The van der Waals surface area contributed by atoms with Gasteiger partial charge in [-0.25, -0.2) is 9.97 Å². The summed E-state index contributed by atoms with van der Waals surface area (Å²) in [5, 5.41) is 0. The van der Waals surface area contributed by atoms with Gasteiger partial charge in [-0.2, -0.15) is 0 Å². The fraction of sp³-hybridized carbons (Fsp3) is 0.231. The number of alkyl halides is 1. The van der Waals surface area contributed by atoms with Crippen molar-refractivity contribution in [3.8, 4) is 0 Å². The molecular formula is C13H12ClN3O. The molecule has 0 aliphatic carbocycles. The summed E-state index contributed by atoms with van der Waals surface area (Å²) in [6.07, 6.45) is 3.42. The van der Waals surface area contributed by atoms with Crippen LogP contribution in [-0.4, -0.2) is 14.5 Å². The SMILES string of the molecule is CC(c1ccco1)n1c(CCl)nc2cccnc21. The van der Waals surface area contributed by atoms with Gasteiger partial charge in [-0.3, -0.25) is 0 Å². The third kappa shape index (κ3) is 1.69. The van der Waals surface area contributed by atoms with Gasteiger partial charge in [0.1, 0.15) is 17.1 Å². The minimum absolute atomic E-state index is 0.0219. The van der Waals surface area contributed by atoms with Gasteiger partial charge in [-0.1, -0.05) is 0 Å². The van der Waals surface area contributed by atoms with E-state index < -0.39 is 0 Å². The molecule has 5 heteroatoms. The highest BCUT2D eigenvalue weighted by Gasteiger charge is 2.18. The van der Waals surface area contributed by atoms with E-state index in [-0.39, 0.29) is 6.04 Å². The maximum atomic E-state index is 5.97. The molecule has 0 amide bonds. The van der Waals surface area contributed by atoms with Crippen LogP contribution in [0.25, 0.3) is 11.2 Å². The van der Waals surface area contributed by atoms with Crippen LogP contribution in [0.3, 0.4) is 0 Å². The molecule has 3 heterocycles. The second kappa shape index (κ2) is 4.46. The van der Waals surface area contributed by atoms with Crippen LogP contribution in [0.2, 0.25) is 0 Å². The molecular weight excluding hydrogens is 250 g/mol. The first-order valence-electron chi connectivity index (χ1n) is 5.72. The lowest BCUT2D eigenvalue weighted by Gasteiger charge is -2.13. The van der Waals surface area contributed by atoms with Crippen LogP contribution < -0.4 is 0 Å². The average molecular weight is 262 g/mol. The molecule has 0 saturated heterocycles. The summed E-state index contributed by atoms with van der Waals surface area (Å²) in [4.78, 5) is 8.87. The topological polar surface area (TPSA) is 43.9 Å². The molecule has 18 heavy (non-hydrogen) atoms. The first kappa shape index (κ1) is 11.3. The zero-order valence-electron chi connectivity index (χ0n) is 9.88. The Labute approximate surface area is 109 Å². The Kier molecular flexibility index (Phi) is 2.80. The van der Waals surface area contributed by atoms with Gasteiger partial charge in [-0.05, 0) is 31.2 Å². The Hall–Kier alpha value is -1.81. The summed E-state index contributed by atoms with van der Waals surface area (Å²) in [7, 11) is 0. The molecule has 0 N–H and O–H groups in total. The third-order valence-corrected chi connectivity index (χ3v) is 3.22. The largest absolute Gasteiger partial charge is 0.467 e. The van der Waals surface area contributed by atoms with E-state index in [1.807, 2.05) is 35.8 Å². The molecule has 3 aromatic rings. The number of furan rings is 1. The molecule has 0 aromatic carbocycles. The van der Waals surface area contributed by atoms with E-state index in [0.717, 1.165) is 22.7 Å². The zero-order chi connectivity index (χ0) is 12.5. The highest BCUT2D eigenvalue weighted by molar-refractivity contribution is 6.16. The predicted molar refractivity (Wildman–Crippen MR) is 69.6 cm³/mol. The molecule has 1 unspecified atom stereocenters. The minimum Gasteiger partial charge on any atom is -0.467 e. The van der Waals surface area contributed by atoms with Gasteiger partial charge in [0, 0.05) is 6.20 Å². The van der Waals surface area contributed by atoms with Crippen LogP contribution in [-0.2, 0) is 5.88 Å². The number of halogens is 1. The molecule has 0 bridgehead atoms. The van der Waals surface area contributed by atoms with E-state index >= 15 is 0 Å². The number of aromatic nitrogens is 3. The standard InChI is InChI=1S/C13H12ClN3O/c1-9(11-5-3-7-18-11)17-12(8-14)16-10-4-2-6-15-13(10)17/h2-7,9H,8H2,1H3. The van der Waals surface area contributed by atoms with Gasteiger partial charge in [0.15, 0.2) is 5.65 Å². The second-order valence-corrected chi connectivity index (χ2v) is 4.34. The Morgan fingerprint density at radius 1 is 1.39 bits per heavy atom. The maximum Gasteiger partial charge on any atom is 0.160 e. The molecule has 0 aliphatic heterocycles. The van der Waals surface area contributed by atoms with Crippen molar-refractivity contribution >= 4 is 22.8 Å². The number of hydrogen-bond acceptors (Lipinski definition) is 3. The van der Waals surface area contributed by atoms with Gasteiger partial charge >= 0.3 is 0 Å². The molecule has 3 rings (SSSR count). The van der Waals surface area contributed by atoms with Gasteiger partial charge < -0.3 is 8.98 Å². The van der Waals surface area contributed by atoms with Crippen LogP contribution in [0.1, 0.15) is 24.6 Å². The molecule has 0 spiro atoms. The number of fused-ring (bicyclic) bond motifs is 1. The first-order valence-corrected chi connectivity index (χ1v) is 6.26. The van der Waals surface area contributed by atoms with Crippen molar-refractivity contribution in [1.29, 1.82) is 0 Å². The fourth-order valence-electron chi connectivity index (χ4n) is 2.13. The molecule has 3 aromatic heterocycles. The minimum atomic E-state index is 0.0219. The van der Waals surface area contributed by atoms with Crippen LogP contribution in [0, 0.1) is 0 Å². The Bertz CT molecular complexity index is 660. The van der Waals surface area contributed by atoms with E-state index in [0.29, 0.717) is 5.88 Å². The lowest BCUT2D eigenvalue weighted by Crippen LogP contribution is -2.09. The van der Waals surface area contributed by atoms with E-state index in [1.165, 1.54) is 0 Å². The highest BCUT2D eigenvalue weighted by Crippen LogP contribution is 2.25. The lowest BCUT2D eigenvalue weighted by molar-refractivity contribution is 0.445. The van der Waals surface area contributed by atoms with Crippen molar-refractivity contribution < 1.29 is 4.42 Å². The summed E-state index contributed by atoms with van der Waals surface area (Å²) in [5.74, 6) is 2.02. The highest BCUT2D eigenvalue weighted by atomic mass is 35.5. The number of hydrogen-bond donors (Lipinski definition) is 0. The van der Waals surface area contributed by atoms with Gasteiger partial charge in [0.2, 0.25) is 0 Å². The van der Waals surface area contributed by atoms with Gasteiger partial charge in [0.05, 0.1) is 18.2 Å². The fourth-order valence-corrected chi connectivity index (χ4v) is 2.32. The number of pyridine rings is 1. The molecule has 0 aliphatic rings. The number of nitrogens with zero attached hydrogens (tertiary/aromatic N) is 3. The van der Waals surface area contributed by atoms with Crippen molar-refractivity contribution in [2.75, 3.05) is 0 Å². The molecule has 1 atom stereocenters. The van der Waals surface area contributed by atoms with Gasteiger partial charge in [-0.15, -0.1) is 11.6 Å². The van der Waals surface area contributed by atoms with Crippen molar-refractivity contribution in [3.63, 3.8) is 0 Å². The number of imidazole rings is 1. The van der Waals surface area contributed by atoms with Crippen molar-refractivity contribution in [3.05, 3.63) is 48.3 Å². The van der Waals surface area contributed by atoms with Gasteiger partial charge in [0.25, 0.3) is 0 Å². The van der Waals surface area contributed by atoms with E-state index in [1.54, 1.807) is 12.5 Å². The Morgan fingerprint density at radius 2 is 2.28 bits per heavy atom. The lowest BCUT2D eigenvalue weighted by atomic mass is 10.2. The monoisotopic (exact) mass is 261 g/mol. The third-order valence-electron chi connectivity index (χ3n) is 2.98. The first-order chi connectivity index (χ1) is 8.81.